The van der Waals surface area contributed by atoms with Crippen molar-refractivity contribution in [3.05, 3.63) is 59.3 Å². The molecule has 6 heteroatoms. The lowest BCUT2D eigenvalue weighted by molar-refractivity contribution is -0.120. The summed E-state index contributed by atoms with van der Waals surface area (Å²) in [6.07, 6.45) is 9.36. The number of rotatable bonds is 6. The van der Waals surface area contributed by atoms with Crippen LogP contribution in [0.1, 0.15) is 48.0 Å². The molecule has 1 aliphatic carbocycles. The number of amides is 1. The minimum absolute atomic E-state index is 0.0583. The highest BCUT2D eigenvalue weighted by Gasteiger charge is 2.26. The molecule has 1 aliphatic heterocycles. The molecule has 6 nitrogen and oxygen atoms in total. The van der Waals surface area contributed by atoms with E-state index in [-0.39, 0.29) is 12.0 Å². The van der Waals surface area contributed by atoms with E-state index in [1.54, 1.807) is 12.1 Å². The van der Waals surface area contributed by atoms with Gasteiger partial charge in [0.1, 0.15) is 11.9 Å². The molecule has 2 heterocycles. The first kappa shape index (κ1) is 20.1. The van der Waals surface area contributed by atoms with Gasteiger partial charge in [-0.25, -0.2) is 4.79 Å². The number of hydrogen-bond acceptors (Lipinski definition) is 5. The lowest BCUT2D eigenvalue weighted by atomic mass is 9.97. The Bertz CT molecular complexity index is 966. The van der Waals surface area contributed by atoms with Crippen LogP contribution in [0.15, 0.2) is 48.2 Å². The van der Waals surface area contributed by atoms with Crippen LogP contribution in [-0.4, -0.2) is 36.6 Å². The average Bonchev–Trinajstić information content (AvgIpc) is 3.21. The zero-order chi connectivity index (χ0) is 20.9. The highest BCUT2D eigenvalue weighted by atomic mass is 16.5. The summed E-state index contributed by atoms with van der Waals surface area (Å²) in [5, 5.41) is 3.02. The number of aromatic nitrogens is 1. The third kappa shape index (κ3) is 4.53. The maximum Gasteiger partial charge on any atom is 0.339 e. The second kappa shape index (κ2) is 9.11. The summed E-state index contributed by atoms with van der Waals surface area (Å²) >= 11 is 0. The molecule has 30 heavy (non-hydrogen) atoms. The van der Waals surface area contributed by atoms with Crippen molar-refractivity contribution in [1.29, 1.82) is 0 Å². The van der Waals surface area contributed by atoms with Gasteiger partial charge in [0.15, 0.2) is 0 Å². The number of esters is 1. The summed E-state index contributed by atoms with van der Waals surface area (Å²) in [5.74, 6) is 0.441. The average molecular weight is 406 g/mol. The molecule has 0 unspecified atom stereocenters. The standard InChI is InChI=1S/C24H26N2O4/c1-29-24(28)18-10-11-21(25-14-18)20-9-5-8-17-13-19(30-23(17)20)15-26-22(27)12-16-6-3-2-4-7-16/h5-6,8-11,14,19H,2-4,7,12-13,15H2,1H3,(H,26,27)/t19-/m1/s1. The molecule has 0 saturated heterocycles. The summed E-state index contributed by atoms with van der Waals surface area (Å²) in [7, 11) is 1.35. The van der Waals surface area contributed by atoms with E-state index in [4.69, 9.17) is 9.47 Å². The molecule has 0 saturated carbocycles. The molecule has 1 aromatic carbocycles. The lowest BCUT2D eigenvalue weighted by Gasteiger charge is -2.15. The Morgan fingerprint density at radius 3 is 2.87 bits per heavy atom. The molecule has 0 bridgehead atoms. The first-order valence-corrected chi connectivity index (χ1v) is 10.4. The van der Waals surface area contributed by atoms with Crippen LogP contribution in [0.2, 0.25) is 0 Å². The van der Waals surface area contributed by atoms with E-state index in [9.17, 15) is 9.59 Å². The van der Waals surface area contributed by atoms with Gasteiger partial charge in [-0.3, -0.25) is 9.78 Å². The second-order valence-electron chi connectivity index (χ2n) is 7.75. The number of methoxy groups -OCH3 is 1. The van der Waals surface area contributed by atoms with Crippen molar-refractivity contribution >= 4 is 11.9 Å². The molecule has 4 rings (SSSR count). The SMILES string of the molecule is COC(=O)c1ccc(-c2cccc3c2O[C@@H](CNC(=O)CC2=CCCCC2)C3)nc1. The van der Waals surface area contributed by atoms with Crippen molar-refractivity contribution in [3.8, 4) is 17.0 Å². The molecular formula is C24H26N2O4. The predicted octanol–water partition coefficient (Wildman–Crippen LogP) is 3.85. The molecule has 2 aromatic rings. The Hall–Kier alpha value is -3.15. The van der Waals surface area contributed by atoms with E-state index < -0.39 is 5.97 Å². The number of benzene rings is 1. The molecule has 1 aromatic heterocycles. The molecule has 2 aliphatic rings. The molecule has 0 fully saturated rings. The van der Waals surface area contributed by atoms with Crippen LogP contribution in [0.5, 0.6) is 5.75 Å². The Balaban J connectivity index is 1.39. The Morgan fingerprint density at radius 2 is 2.13 bits per heavy atom. The van der Waals surface area contributed by atoms with E-state index in [1.807, 2.05) is 18.2 Å². The van der Waals surface area contributed by atoms with Crippen LogP contribution < -0.4 is 10.1 Å². The van der Waals surface area contributed by atoms with Gasteiger partial charge in [-0.2, -0.15) is 0 Å². The largest absolute Gasteiger partial charge is 0.487 e. The number of carbonyl (C=O) groups is 2. The number of allylic oxidation sites excluding steroid dienone is 1. The van der Waals surface area contributed by atoms with E-state index >= 15 is 0 Å². The zero-order valence-electron chi connectivity index (χ0n) is 17.1. The van der Waals surface area contributed by atoms with Gasteiger partial charge in [0.05, 0.1) is 24.9 Å². The Morgan fingerprint density at radius 1 is 1.23 bits per heavy atom. The molecular weight excluding hydrogens is 380 g/mol. The molecule has 1 N–H and O–H groups in total. The van der Waals surface area contributed by atoms with Crippen molar-refractivity contribution in [2.45, 2.75) is 44.6 Å². The summed E-state index contributed by atoms with van der Waals surface area (Å²) in [6.45, 7) is 0.481. The predicted molar refractivity (Wildman–Crippen MR) is 113 cm³/mol. The van der Waals surface area contributed by atoms with Gasteiger partial charge >= 0.3 is 5.97 Å². The molecule has 1 amide bonds. The van der Waals surface area contributed by atoms with Crippen LogP contribution in [0.25, 0.3) is 11.3 Å². The van der Waals surface area contributed by atoms with E-state index in [0.717, 1.165) is 41.8 Å². The quantitative estimate of drug-likeness (QED) is 0.582. The van der Waals surface area contributed by atoms with Crippen molar-refractivity contribution in [3.63, 3.8) is 0 Å². The normalized spacial score (nSPS) is 17.5. The number of fused-ring (bicyclic) bond motifs is 1. The first-order chi connectivity index (χ1) is 14.6. The minimum Gasteiger partial charge on any atom is -0.487 e. The van der Waals surface area contributed by atoms with Crippen LogP contribution >= 0.6 is 0 Å². The van der Waals surface area contributed by atoms with Gasteiger partial charge in [0.25, 0.3) is 0 Å². The zero-order valence-corrected chi connectivity index (χ0v) is 17.1. The van der Waals surface area contributed by atoms with Gasteiger partial charge in [0.2, 0.25) is 5.91 Å². The second-order valence-corrected chi connectivity index (χ2v) is 7.75. The smallest absolute Gasteiger partial charge is 0.339 e. The molecule has 1 atom stereocenters. The molecule has 0 spiro atoms. The van der Waals surface area contributed by atoms with Gasteiger partial charge in [-0.05, 0) is 49.4 Å². The molecule has 156 valence electrons. The van der Waals surface area contributed by atoms with Crippen molar-refractivity contribution in [1.82, 2.24) is 10.3 Å². The van der Waals surface area contributed by atoms with Crippen molar-refractivity contribution in [2.24, 2.45) is 0 Å². The number of carbonyl (C=O) groups excluding carboxylic acids is 2. The van der Waals surface area contributed by atoms with Crippen LogP contribution in [0.4, 0.5) is 0 Å². The fourth-order valence-corrected chi connectivity index (χ4v) is 4.01. The summed E-state index contributed by atoms with van der Waals surface area (Å²) in [6, 6.07) is 9.45. The number of para-hydroxylation sites is 1. The van der Waals surface area contributed by atoms with Crippen LogP contribution in [0.3, 0.4) is 0 Å². The monoisotopic (exact) mass is 406 g/mol. The topological polar surface area (TPSA) is 77.5 Å². The van der Waals surface area contributed by atoms with Crippen molar-refractivity contribution in [2.75, 3.05) is 13.7 Å². The highest BCUT2D eigenvalue weighted by molar-refractivity contribution is 5.89. The highest BCUT2D eigenvalue weighted by Crippen LogP contribution is 2.38. The maximum atomic E-state index is 12.3. The Labute approximate surface area is 176 Å². The number of nitrogens with one attached hydrogen (secondary N) is 1. The third-order valence-electron chi connectivity index (χ3n) is 5.59. The maximum absolute atomic E-state index is 12.3. The molecule has 0 radical (unpaired) electrons. The number of ether oxygens (including phenoxy) is 2. The third-order valence-corrected chi connectivity index (χ3v) is 5.59. The van der Waals surface area contributed by atoms with Crippen LogP contribution in [0, 0.1) is 0 Å². The summed E-state index contributed by atoms with van der Waals surface area (Å²) in [4.78, 5) is 28.3. The number of pyridine rings is 1. The van der Waals surface area contributed by atoms with Gasteiger partial charge in [0, 0.05) is 24.6 Å². The fraction of sp³-hybridized carbons (Fsp3) is 0.375. The lowest BCUT2D eigenvalue weighted by Crippen LogP contribution is -2.34. The van der Waals surface area contributed by atoms with E-state index in [1.165, 1.54) is 31.7 Å². The Kier molecular flexibility index (Phi) is 6.12. The van der Waals surface area contributed by atoms with Crippen LogP contribution in [-0.2, 0) is 16.0 Å². The number of hydrogen-bond donors (Lipinski definition) is 1. The van der Waals surface area contributed by atoms with Crippen molar-refractivity contribution < 1.29 is 19.1 Å². The fourth-order valence-electron chi connectivity index (χ4n) is 4.01. The van der Waals surface area contributed by atoms with Gasteiger partial charge < -0.3 is 14.8 Å². The summed E-state index contributed by atoms with van der Waals surface area (Å²) in [5.41, 5.74) is 4.36. The summed E-state index contributed by atoms with van der Waals surface area (Å²) < 4.78 is 10.9. The van der Waals surface area contributed by atoms with E-state index in [2.05, 4.69) is 16.4 Å². The first-order valence-electron chi connectivity index (χ1n) is 10.4. The number of nitrogens with zero attached hydrogens (tertiary/aromatic N) is 1. The minimum atomic E-state index is -0.414. The van der Waals surface area contributed by atoms with Gasteiger partial charge in [-0.1, -0.05) is 23.8 Å². The van der Waals surface area contributed by atoms with E-state index in [0.29, 0.717) is 18.5 Å². The van der Waals surface area contributed by atoms with Gasteiger partial charge in [-0.15, -0.1) is 0 Å².